The molecule has 0 aliphatic heterocycles. The van der Waals surface area contributed by atoms with Gasteiger partial charge in [0.1, 0.15) is 0 Å². The summed E-state index contributed by atoms with van der Waals surface area (Å²) < 4.78 is 5.06. The first-order valence-electron chi connectivity index (χ1n) is 3.34. The Labute approximate surface area is 74.7 Å². The number of hydrogen-bond acceptors (Lipinski definition) is 2. The normalized spacial score (nSPS) is 9.73. The highest BCUT2D eigenvalue weighted by molar-refractivity contribution is 9.08. The van der Waals surface area contributed by atoms with Gasteiger partial charge in [-0.3, -0.25) is 0 Å². The molecule has 1 aromatic rings. The molecule has 0 unspecified atom stereocenters. The van der Waals surface area contributed by atoms with Crippen LogP contribution in [0.15, 0.2) is 12.1 Å². The van der Waals surface area contributed by atoms with Gasteiger partial charge < -0.3 is 4.74 Å². The minimum atomic E-state index is 0.710. The van der Waals surface area contributed by atoms with E-state index < -0.39 is 0 Å². The fourth-order valence-corrected chi connectivity index (χ4v) is 1.14. The number of hydrogen-bond donors (Lipinski definition) is 0. The zero-order valence-corrected chi connectivity index (χ0v) is 8.18. The van der Waals surface area contributed by atoms with Crippen molar-refractivity contribution in [3.63, 3.8) is 0 Å². The number of nitrogens with zero attached hydrogens (tertiary/aromatic N) is 1. The van der Waals surface area contributed by atoms with Crippen molar-refractivity contribution in [1.29, 1.82) is 0 Å². The van der Waals surface area contributed by atoms with Gasteiger partial charge in [0, 0.05) is 10.9 Å². The zero-order valence-electron chi connectivity index (χ0n) is 6.60. The summed E-state index contributed by atoms with van der Waals surface area (Å²) in [5.74, 6) is 0.710. The van der Waals surface area contributed by atoms with Crippen LogP contribution in [0.25, 0.3) is 0 Å². The smallest absolute Gasteiger partial charge is 0.216 e. The van der Waals surface area contributed by atoms with Gasteiger partial charge in [-0.05, 0) is 13.0 Å². The van der Waals surface area contributed by atoms with E-state index in [0.717, 1.165) is 16.6 Å². The third kappa shape index (κ3) is 1.93. The van der Waals surface area contributed by atoms with Crippen molar-refractivity contribution in [2.24, 2.45) is 0 Å². The van der Waals surface area contributed by atoms with Gasteiger partial charge >= 0.3 is 0 Å². The van der Waals surface area contributed by atoms with E-state index in [1.807, 2.05) is 19.1 Å². The maximum atomic E-state index is 5.06. The first-order chi connectivity index (χ1) is 5.27. The van der Waals surface area contributed by atoms with Gasteiger partial charge in [-0.2, -0.15) is 0 Å². The summed E-state index contributed by atoms with van der Waals surface area (Å²) in [6.07, 6.45) is 0. The van der Waals surface area contributed by atoms with Crippen molar-refractivity contribution >= 4 is 15.9 Å². The molecule has 0 bridgehead atoms. The van der Waals surface area contributed by atoms with E-state index in [1.54, 1.807) is 7.11 Å². The van der Waals surface area contributed by atoms with Crippen LogP contribution in [0.1, 0.15) is 11.3 Å². The second-order valence-corrected chi connectivity index (χ2v) is 2.82. The second kappa shape index (κ2) is 3.72. The lowest BCUT2D eigenvalue weighted by Gasteiger charge is -2.03. The number of rotatable bonds is 2. The molecule has 2 nitrogen and oxygen atoms in total. The lowest BCUT2D eigenvalue weighted by atomic mass is 10.3. The molecular formula is C8H10BrNO. The summed E-state index contributed by atoms with van der Waals surface area (Å²) >= 11 is 3.33. The topological polar surface area (TPSA) is 22.1 Å². The minimum absolute atomic E-state index is 0.710. The monoisotopic (exact) mass is 215 g/mol. The van der Waals surface area contributed by atoms with Crippen molar-refractivity contribution < 1.29 is 4.74 Å². The van der Waals surface area contributed by atoms with E-state index in [2.05, 4.69) is 20.9 Å². The van der Waals surface area contributed by atoms with Crippen LogP contribution < -0.4 is 4.74 Å². The molecule has 0 saturated heterocycles. The van der Waals surface area contributed by atoms with E-state index in [0.29, 0.717) is 5.88 Å². The molecule has 0 fully saturated rings. The highest BCUT2D eigenvalue weighted by Gasteiger charge is 1.99. The average molecular weight is 216 g/mol. The molecule has 11 heavy (non-hydrogen) atoms. The Morgan fingerprint density at radius 2 is 2.27 bits per heavy atom. The van der Waals surface area contributed by atoms with E-state index in [-0.39, 0.29) is 0 Å². The molecule has 1 rings (SSSR count). The Morgan fingerprint density at radius 3 is 2.82 bits per heavy atom. The molecule has 3 heteroatoms. The quantitative estimate of drug-likeness (QED) is 0.707. The first kappa shape index (κ1) is 8.53. The number of aryl methyl sites for hydroxylation is 1. The largest absolute Gasteiger partial charge is 0.481 e. The average Bonchev–Trinajstić information content (AvgIpc) is 2.05. The number of halogens is 1. The first-order valence-corrected chi connectivity index (χ1v) is 4.46. The molecule has 1 heterocycles. The summed E-state index contributed by atoms with van der Waals surface area (Å²) in [6.45, 7) is 1.98. The molecule has 0 saturated carbocycles. The highest BCUT2D eigenvalue weighted by Crippen LogP contribution is 2.15. The fraction of sp³-hybridized carbons (Fsp3) is 0.375. The van der Waals surface area contributed by atoms with Gasteiger partial charge in [-0.1, -0.05) is 22.0 Å². The number of pyridine rings is 1. The van der Waals surface area contributed by atoms with Crippen LogP contribution in [-0.2, 0) is 5.33 Å². The molecule has 0 amide bonds. The SMILES string of the molecule is COc1nc(CBr)ccc1C. The Bertz CT molecular complexity index is 250. The summed E-state index contributed by atoms with van der Waals surface area (Å²) in [5, 5.41) is 0.768. The molecular weight excluding hydrogens is 206 g/mol. The molecule has 0 aromatic carbocycles. The van der Waals surface area contributed by atoms with Crippen molar-refractivity contribution in [3.8, 4) is 5.88 Å². The summed E-state index contributed by atoms with van der Waals surface area (Å²) in [4.78, 5) is 4.24. The van der Waals surface area contributed by atoms with E-state index in [4.69, 9.17) is 4.74 Å². The van der Waals surface area contributed by atoms with E-state index in [1.165, 1.54) is 0 Å². The summed E-state index contributed by atoms with van der Waals surface area (Å²) in [5.41, 5.74) is 2.06. The third-order valence-electron chi connectivity index (χ3n) is 1.44. The lowest BCUT2D eigenvalue weighted by Crippen LogP contribution is -1.93. The standard InChI is InChI=1S/C8H10BrNO/c1-6-3-4-7(5-9)10-8(6)11-2/h3-4H,5H2,1-2H3. The minimum Gasteiger partial charge on any atom is -0.481 e. The maximum Gasteiger partial charge on any atom is 0.216 e. The molecule has 1 aromatic heterocycles. The molecule has 0 radical (unpaired) electrons. The molecule has 0 aliphatic carbocycles. The van der Waals surface area contributed by atoms with Gasteiger partial charge in [0.05, 0.1) is 12.8 Å². The van der Waals surface area contributed by atoms with Crippen molar-refractivity contribution in [2.75, 3.05) is 7.11 Å². The van der Waals surface area contributed by atoms with Gasteiger partial charge in [0.15, 0.2) is 0 Å². The fourth-order valence-electron chi connectivity index (χ4n) is 0.829. The summed E-state index contributed by atoms with van der Waals surface area (Å²) in [7, 11) is 1.63. The molecule has 0 spiro atoms. The zero-order chi connectivity index (χ0) is 8.27. The third-order valence-corrected chi connectivity index (χ3v) is 2.01. The Balaban J connectivity index is 3.02. The number of methoxy groups -OCH3 is 1. The van der Waals surface area contributed by atoms with Crippen LogP contribution >= 0.6 is 15.9 Å². The number of ether oxygens (including phenoxy) is 1. The van der Waals surface area contributed by atoms with Crippen molar-refractivity contribution in [1.82, 2.24) is 4.98 Å². The summed E-state index contributed by atoms with van der Waals surface area (Å²) in [6, 6.07) is 3.98. The predicted octanol–water partition coefficient (Wildman–Crippen LogP) is 2.29. The second-order valence-electron chi connectivity index (χ2n) is 2.26. The molecule has 0 N–H and O–H groups in total. The van der Waals surface area contributed by atoms with Crippen LogP contribution in [0.3, 0.4) is 0 Å². The van der Waals surface area contributed by atoms with Crippen molar-refractivity contribution in [3.05, 3.63) is 23.4 Å². The lowest BCUT2D eigenvalue weighted by molar-refractivity contribution is 0.393. The van der Waals surface area contributed by atoms with Gasteiger partial charge in [0.25, 0.3) is 0 Å². The van der Waals surface area contributed by atoms with E-state index >= 15 is 0 Å². The molecule has 60 valence electrons. The van der Waals surface area contributed by atoms with Crippen LogP contribution in [0.5, 0.6) is 5.88 Å². The maximum absolute atomic E-state index is 5.06. The Kier molecular flexibility index (Phi) is 2.88. The van der Waals surface area contributed by atoms with E-state index in [9.17, 15) is 0 Å². The number of alkyl halides is 1. The van der Waals surface area contributed by atoms with Crippen LogP contribution in [0, 0.1) is 6.92 Å². The Hall–Kier alpha value is -0.570. The molecule has 0 aliphatic rings. The van der Waals surface area contributed by atoms with Crippen LogP contribution in [0.4, 0.5) is 0 Å². The molecule has 0 atom stereocenters. The van der Waals surface area contributed by atoms with Crippen LogP contribution in [0.2, 0.25) is 0 Å². The highest BCUT2D eigenvalue weighted by atomic mass is 79.9. The van der Waals surface area contributed by atoms with Gasteiger partial charge in [-0.15, -0.1) is 0 Å². The Morgan fingerprint density at radius 1 is 1.55 bits per heavy atom. The number of aromatic nitrogens is 1. The van der Waals surface area contributed by atoms with Crippen molar-refractivity contribution in [2.45, 2.75) is 12.3 Å². The van der Waals surface area contributed by atoms with Gasteiger partial charge in [-0.25, -0.2) is 4.98 Å². The van der Waals surface area contributed by atoms with Gasteiger partial charge in [0.2, 0.25) is 5.88 Å². The van der Waals surface area contributed by atoms with Crippen LogP contribution in [-0.4, -0.2) is 12.1 Å². The predicted molar refractivity (Wildman–Crippen MR) is 48.2 cm³/mol.